The van der Waals surface area contributed by atoms with Gasteiger partial charge in [-0.05, 0) is 30.5 Å². The van der Waals surface area contributed by atoms with Gasteiger partial charge in [0.25, 0.3) is 5.91 Å². The van der Waals surface area contributed by atoms with Gasteiger partial charge in [-0.15, -0.1) is 11.3 Å². The average Bonchev–Trinajstić information content (AvgIpc) is 3.03. The zero-order valence-corrected chi connectivity index (χ0v) is 14.1. The molecule has 1 amide bonds. The lowest BCUT2D eigenvalue weighted by Gasteiger charge is -2.13. The Morgan fingerprint density at radius 2 is 2.08 bits per heavy atom. The minimum atomic E-state index is -0.399. The van der Waals surface area contributed by atoms with E-state index < -0.39 is 5.82 Å². The molecule has 4 nitrogen and oxygen atoms in total. The van der Waals surface area contributed by atoms with Crippen molar-refractivity contribution in [3.8, 4) is 17.0 Å². The van der Waals surface area contributed by atoms with Crippen molar-refractivity contribution in [1.82, 2.24) is 4.98 Å². The fourth-order valence-electron chi connectivity index (χ4n) is 2.86. The highest BCUT2D eigenvalue weighted by Crippen LogP contribution is 2.37. The minimum absolute atomic E-state index is 0.190. The van der Waals surface area contributed by atoms with Gasteiger partial charge in [0.1, 0.15) is 11.6 Å². The molecule has 1 aliphatic rings. The van der Waals surface area contributed by atoms with E-state index in [0.29, 0.717) is 10.9 Å². The summed E-state index contributed by atoms with van der Waals surface area (Å²) >= 11 is 1.49. The summed E-state index contributed by atoms with van der Waals surface area (Å²) in [4.78, 5) is 17.8. The lowest BCUT2D eigenvalue weighted by Crippen LogP contribution is -2.20. The molecule has 25 heavy (non-hydrogen) atoms. The van der Waals surface area contributed by atoms with Crippen molar-refractivity contribution in [1.29, 1.82) is 0 Å². The first-order chi connectivity index (χ1) is 12.2. The highest BCUT2D eigenvalue weighted by molar-refractivity contribution is 7.16. The number of anilines is 1. The van der Waals surface area contributed by atoms with Crippen LogP contribution in [0.15, 0.2) is 48.5 Å². The van der Waals surface area contributed by atoms with Crippen LogP contribution < -0.4 is 10.1 Å². The monoisotopic (exact) mass is 354 g/mol. The molecule has 126 valence electrons. The van der Waals surface area contributed by atoms with Gasteiger partial charge in [0.2, 0.25) is 0 Å². The van der Waals surface area contributed by atoms with Crippen molar-refractivity contribution in [2.24, 2.45) is 0 Å². The Morgan fingerprint density at radius 1 is 1.20 bits per heavy atom. The van der Waals surface area contributed by atoms with Crippen LogP contribution in [0.2, 0.25) is 0 Å². The molecule has 0 fully saturated rings. The molecule has 0 saturated heterocycles. The quantitative estimate of drug-likeness (QED) is 0.768. The fourth-order valence-corrected chi connectivity index (χ4v) is 3.86. The number of aromatic nitrogens is 1. The highest BCUT2D eigenvalue weighted by atomic mass is 32.1. The second-order valence-corrected chi connectivity index (χ2v) is 6.83. The predicted octanol–water partition coefficient (Wildman–Crippen LogP) is 4.07. The highest BCUT2D eigenvalue weighted by Gasteiger charge is 2.21. The molecule has 1 aliphatic carbocycles. The van der Waals surface area contributed by atoms with E-state index in [1.54, 1.807) is 6.07 Å². The summed E-state index contributed by atoms with van der Waals surface area (Å²) in [5.41, 5.74) is 3.37. The molecule has 0 unspecified atom stereocenters. The third-order valence-corrected chi connectivity index (χ3v) is 5.03. The van der Waals surface area contributed by atoms with Crippen molar-refractivity contribution in [2.45, 2.75) is 12.8 Å². The van der Waals surface area contributed by atoms with Gasteiger partial charge in [-0.25, -0.2) is 9.37 Å². The molecule has 0 aliphatic heterocycles. The van der Waals surface area contributed by atoms with Crippen LogP contribution in [0, 0.1) is 5.82 Å². The Bertz CT molecular complexity index is 939. The molecule has 0 radical (unpaired) electrons. The maximum atomic E-state index is 13.1. The molecule has 0 spiro atoms. The van der Waals surface area contributed by atoms with Crippen molar-refractivity contribution >= 4 is 22.4 Å². The zero-order chi connectivity index (χ0) is 17.2. The SMILES string of the molecule is O=C(COc1cccc(F)c1)Nc1nc2c(s1)CCc1ccccc1-2. The predicted molar refractivity (Wildman–Crippen MR) is 95.5 cm³/mol. The lowest BCUT2D eigenvalue weighted by molar-refractivity contribution is -0.118. The van der Waals surface area contributed by atoms with Crippen LogP contribution in [-0.2, 0) is 17.6 Å². The normalized spacial score (nSPS) is 12.2. The van der Waals surface area contributed by atoms with Gasteiger partial charge in [-0.2, -0.15) is 0 Å². The number of amides is 1. The van der Waals surface area contributed by atoms with E-state index in [1.165, 1.54) is 40.0 Å². The van der Waals surface area contributed by atoms with Gasteiger partial charge >= 0.3 is 0 Å². The molecule has 3 aromatic rings. The smallest absolute Gasteiger partial charge is 0.264 e. The van der Waals surface area contributed by atoms with Crippen molar-refractivity contribution in [2.75, 3.05) is 11.9 Å². The first-order valence-electron chi connectivity index (χ1n) is 7.95. The number of hydrogen-bond acceptors (Lipinski definition) is 4. The van der Waals surface area contributed by atoms with E-state index in [2.05, 4.69) is 22.4 Å². The maximum Gasteiger partial charge on any atom is 0.264 e. The Morgan fingerprint density at radius 3 is 2.96 bits per heavy atom. The van der Waals surface area contributed by atoms with Crippen LogP contribution >= 0.6 is 11.3 Å². The number of hydrogen-bond donors (Lipinski definition) is 1. The van der Waals surface area contributed by atoms with Crippen LogP contribution in [0.4, 0.5) is 9.52 Å². The van der Waals surface area contributed by atoms with Gasteiger partial charge in [-0.1, -0.05) is 30.3 Å². The van der Waals surface area contributed by atoms with Gasteiger partial charge < -0.3 is 4.74 Å². The summed E-state index contributed by atoms with van der Waals surface area (Å²) in [7, 11) is 0. The molecular formula is C19H15FN2O2S. The summed E-state index contributed by atoms with van der Waals surface area (Å²) in [6.07, 6.45) is 1.92. The van der Waals surface area contributed by atoms with E-state index in [0.717, 1.165) is 24.1 Å². The summed E-state index contributed by atoms with van der Waals surface area (Å²) in [6.45, 7) is -0.190. The van der Waals surface area contributed by atoms with E-state index in [4.69, 9.17) is 4.74 Å². The van der Waals surface area contributed by atoms with Gasteiger partial charge in [-0.3, -0.25) is 10.1 Å². The van der Waals surface area contributed by atoms with Crippen molar-refractivity contribution < 1.29 is 13.9 Å². The molecule has 4 rings (SSSR count). The van der Waals surface area contributed by atoms with Crippen LogP contribution in [-0.4, -0.2) is 17.5 Å². The van der Waals surface area contributed by atoms with Crippen LogP contribution in [0.25, 0.3) is 11.3 Å². The maximum absolute atomic E-state index is 13.1. The average molecular weight is 354 g/mol. The van der Waals surface area contributed by atoms with Crippen LogP contribution in [0.5, 0.6) is 5.75 Å². The number of nitrogens with zero attached hydrogens (tertiary/aromatic N) is 1. The number of carbonyl (C=O) groups excluding carboxylic acids is 1. The first-order valence-corrected chi connectivity index (χ1v) is 8.77. The Hall–Kier alpha value is -2.73. The molecule has 1 heterocycles. The molecular weight excluding hydrogens is 339 g/mol. The molecule has 6 heteroatoms. The van der Waals surface area contributed by atoms with Crippen molar-refractivity contribution in [3.05, 3.63) is 64.8 Å². The lowest BCUT2D eigenvalue weighted by atomic mass is 9.94. The number of fused-ring (bicyclic) bond motifs is 3. The minimum Gasteiger partial charge on any atom is -0.484 e. The van der Waals surface area contributed by atoms with Crippen LogP contribution in [0.1, 0.15) is 10.4 Å². The standard InChI is InChI=1S/C19H15FN2O2S/c20-13-5-3-6-14(10-13)24-11-17(23)21-19-22-18-15-7-2-1-4-12(15)8-9-16(18)25-19/h1-7,10H,8-9,11H2,(H,21,22,23). The summed E-state index contributed by atoms with van der Waals surface area (Å²) in [5, 5.41) is 3.33. The Balaban J connectivity index is 1.44. The Kier molecular flexibility index (Phi) is 4.19. The number of carbonyl (C=O) groups is 1. The topological polar surface area (TPSA) is 51.2 Å². The zero-order valence-electron chi connectivity index (χ0n) is 13.3. The van der Waals surface area contributed by atoms with E-state index in [1.807, 2.05) is 12.1 Å². The van der Waals surface area contributed by atoms with Crippen LogP contribution in [0.3, 0.4) is 0 Å². The molecule has 1 N–H and O–H groups in total. The van der Waals surface area contributed by atoms with Gasteiger partial charge in [0.05, 0.1) is 5.69 Å². The second-order valence-electron chi connectivity index (χ2n) is 5.74. The van der Waals surface area contributed by atoms with E-state index in [9.17, 15) is 9.18 Å². The van der Waals surface area contributed by atoms with E-state index in [-0.39, 0.29) is 12.5 Å². The summed E-state index contributed by atoms with van der Waals surface area (Å²) < 4.78 is 18.4. The molecule has 2 aromatic carbocycles. The third kappa shape index (κ3) is 3.39. The molecule has 0 saturated carbocycles. The molecule has 0 atom stereocenters. The number of rotatable bonds is 4. The number of nitrogens with one attached hydrogen (secondary N) is 1. The van der Waals surface area contributed by atoms with Crippen molar-refractivity contribution in [3.63, 3.8) is 0 Å². The first kappa shape index (κ1) is 15.8. The third-order valence-electron chi connectivity index (χ3n) is 4.00. The summed E-state index contributed by atoms with van der Waals surface area (Å²) in [6, 6.07) is 13.9. The largest absolute Gasteiger partial charge is 0.484 e. The Labute approximate surface area is 148 Å². The number of thiazole rings is 1. The molecule has 0 bridgehead atoms. The fraction of sp³-hybridized carbons (Fsp3) is 0.158. The van der Waals surface area contributed by atoms with Gasteiger partial charge in [0.15, 0.2) is 11.7 Å². The van der Waals surface area contributed by atoms with Gasteiger partial charge in [0, 0.05) is 16.5 Å². The number of ether oxygens (including phenoxy) is 1. The summed E-state index contributed by atoms with van der Waals surface area (Å²) in [5.74, 6) is -0.393. The molecule has 1 aromatic heterocycles. The second kappa shape index (κ2) is 6.64. The number of halogens is 1. The number of benzene rings is 2. The van der Waals surface area contributed by atoms with E-state index >= 15 is 0 Å². The number of aryl methyl sites for hydroxylation is 2.